The fourth-order valence-electron chi connectivity index (χ4n) is 1.56. The van der Waals surface area contributed by atoms with Gasteiger partial charge in [0.05, 0.1) is 16.2 Å². The number of carbonyl (C=O) groups excluding carboxylic acids is 1. The van der Waals surface area contributed by atoms with Gasteiger partial charge in [-0.15, -0.1) is 0 Å². The lowest BCUT2D eigenvalue weighted by Crippen LogP contribution is -2.25. The van der Waals surface area contributed by atoms with E-state index in [9.17, 15) is 14.9 Å². The highest BCUT2D eigenvalue weighted by molar-refractivity contribution is 5.76. The third-order valence-corrected chi connectivity index (χ3v) is 2.57. The monoisotopic (exact) mass is 276 g/mol. The highest BCUT2D eigenvalue weighted by Gasteiger charge is 2.10. The maximum atomic E-state index is 11.4. The summed E-state index contributed by atoms with van der Waals surface area (Å²) in [6.07, 6.45) is 1.15. The van der Waals surface area contributed by atoms with E-state index in [0.29, 0.717) is 18.8 Å². The number of nitriles is 1. The normalized spacial score (nSPS) is 9.60. The van der Waals surface area contributed by atoms with Crippen LogP contribution < -0.4 is 10.6 Å². The van der Waals surface area contributed by atoms with Crippen LogP contribution in [-0.4, -0.2) is 23.9 Å². The third kappa shape index (κ3) is 4.57. The summed E-state index contributed by atoms with van der Waals surface area (Å²) in [6.45, 7) is 2.97. The molecular formula is C13H16N4O3. The highest BCUT2D eigenvalue weighted by atomic mass is 16.6. The van der Waals surface area contributed by atoms with Gasteiger partial charge in [-0.05, 0) is 12.5 Å². The second-order valence-electron chi connectivity index (χ2n) is 4.13. The molecule has 0 heterocycles. The first-order valence-electron chi connectivity index (χ1n) is 6.27. The standard InChI is InChI=1S/C13H16N4O3/c1-2-6-16-13(18)5-7-15-12-4-3-11(17(19)20)8-10(12)9-14/h3-4,8,15H,2,5-7H2,1H3,(H,16,18). The largest absolute Gasteiger partial charge is 0.383 e. The minimum Gasteiger partial charge on any atom is -0.383 e. The smallest absolute Gasteiger partial charge is 0.270 e. The van der Waals surface area contributed by atoms with Crippen molar-refractivity contribution in [3.63, 3.8) is 0 Å². The molecule has 7 nitrogen and oxygen atoms in total. The van der Waals surface area contributed by atoms with Gasteiger partial charge in [-0.25, -0.2) is 0 Å². The average Bonchev–Trinajstić information content (AvgIpc) is 2.45. The summed E-state index contributed by atoms with van der Waals surface area (Å²) in [5.74, 6) is -0.0697. The number of nitro groups is 1. The number of rotatable bonds is 7. The molecule has 1 rings (SSSR count). The van der Waals surface area contributed by atoms with E-state index >= 15 is 0 Å². The maximum Gasteiger partial charge on any atom is 0.270 e. The molecule has 0 unspecified atom stereocenters. The molecule has 0 aliphatic carbocycles. The van der Waals surface area contributed by atoms with E-state index in [0.717, 1.165) is 6.42 Å². The van der Waals surface area contributed by atoms with E-state index in [2.05, 4.69) is 10.6 Å². The lowest BCUT2D eigenvalue weighted by atomic mass is 10.1. The van der Waals surface area contributed by atoms with Crippen molar-refractivity contribution in [1.29, 1.82) is 5.26 Å². The third-order valence-electron chi connectivity index (χ3n) is 2.57. The number of hydrogen-bond donors (Lipinski definition) is 2. The van der Waals surface area contributed by atoms with Crippen LogP contribution in [0, 0.1) is 21.4 Å². The second kappa shape index (κ2) is 7.74. The summed E-state index contributed by atoms with van der Waals surface area (Å²) in [5.41, 5.74) is 0.544. The minimum absolute atomic E-state index is 0.0697. The van der Waals surface area contributed by atoms with E-state index in [4.69, 9.17) is 5.26 Å². The molecule has 0 spiro atoms. The summed E-state index contributed by atoms with van der Waals surface area (Å²) in [5, 5.41) is 25.2. The molecule has 1 amide bonds. The van der Waals surface area contributed by atoms with Crippen molar-refractivity contribution in [3.05, 3.63) is 33.9 Å². The van der Waals surface area contributed by atoms with Crippen molar-refractivity contribution in [2.24, 2.45) is 0 Å². The first kappa shape index (κ1) is 15.4. The predicted molar refractivity (Wildman–Crippen MR) is 74.2 cm³/mol. The van der Waals surface area contributed by atoms with Gasteiger partial charge in [-0.1, -0.05) is 6.92 Å². The number of nitrogens with one attached hydrogen (secondary N) is 2. The number of nitro benzene ring substituents is 1. The van der Waals surface area contributed by atoms with Crippen LogP contribution in [0.5, 0.6) is 0 Å². The molecule has 0 bridgehead atoms. The first-order valence-corrected chi connectivity index (χ1v) is 6.27. The fourth-order valence-corrected chi connectivity index (χ4v) is 1.56. The molecule has 20 heavy (non-hydrogen) atoms. The Hall–Kier alpha value is -2.62. The van der Waals surface area contributed by atoms with Crippen LogP contribution >= 0.6 is 0 Å². The van der Waals surface area contributed by atoms with Gasteiger partial charge in [0.2, 0.25) is 5.91 Å². The van der Waals surface area contributed by atoms with Gasteiger partial charge in [0, 0.05) is 31.6 Å². The van der Waals surface area contributed by atoms with Crippen LogP contribution in [0.1, 0.15) is 25.3 Å². The van der Waals surface area contributed by atoms with E-state index in [1.54, 1.807) is 0 Å². The molecule has 0 saturated carbocycles. The van der Waals surface area contributed by atoms with E-state index < -0.39 is 4.92 Å². The lowest BCUT2D eigenvalue weighted by molar-refractivity contribution is -0.384. The maximum absolute atomic E-state index is 11.4. The average molecular weight is 276 g/mol. The summed E-state index contributed by atoms with van der Waals surface area (Å²) < 4.78 is 0. The second-order valence-corrected chi connectivity index (χ2v) is 4.13. The molecule has 1 aromatic rings. The number of non-ortho nitro benzene ring substituents is 1. The summed E-state index contributed by atoms with van der Waals surface area (Å²) in [4.78, 5) is 21.4. The van der Waals surface area contributed by atoms with Crippen LogP contribution in [0.25, 0.3) is 0 Å². The van der Waals surface area contributed by atoms with Gasteiger partial charge < -0.3 is 10.6 Å². The highest BCUT2D eigenvalue weighted by Crippen LogP contribution is 2.21. The van der Waals surface area contributed by atoms with Gasteiger partial charge in [0.1, 0.15) is 6.07 Å². The van der Waals surface area contributed by atoms with E-state index in [1.807, 2.05) is 13.0 Å². The van der Waals surface area contributed by atoms with Crippen molar-refractivity contribution in [1.82, 2.24) is 5.32 Å². The summed E-state index contributed by atoms with van der Waals surface area (Å²) in [6, 6.07) is 5.90. The Morgan fingerprint density at radius 1 is 1.45 bits per heavy atom. The fraction of sp³-hybridized carbons (Fsp3) is 0.385. The number of nitrogens with zero attached hydrogens (tertiary/aromatic N) is 2. The van der Waals surface area contributed by atoms with Gasteiger partial charge >= 0.3 is 0 Å². The minimum atomic E-state index is -0.553. The molecule has 0 atom stereocenters. The predicted octanol–water partition coefficient (Wildman–Crippen LogP) is 1.79. The van der Waals surface area contributed by atoms with Crippen LogP contribution in [0.4, 0.5) is 11.4 Å². The van der Waals surface area contributed by atoms with Crippen molar-refractivity contribution < 1.29 is 9.72 Å². The van der Waals surface area contributed by atoms with Gasteiger partial charge in [0.15, 0.2) is 0 Å². The van der Waals surface area contributed by atoms with Crippen LogP contribution in [0.15, 0.2) is 18.2 Å². The number of anilines is 1. The zero-order valence-electron chi connectivity index (χ0n) is 11.2. The van der Waals surface area contributed by atoms with Crippen LogP contribution in [-0.2, 0) is 4.79 Å². The van der Waals surface area contributed by atoms with Gasteiger partial charge in [0.25, 0.3) is 5.69 Å². The molecule has 0 saturated heterocycles. The lowest BCUT2D eigenvalue weighted by Gasteiger charge is -2.08. The number of benzene rings is 1. The molecule has 7 heteroatoms. The molecule has 0 aliphatic rings. The van der Waals surface area contributed by atoms with Gasteiger partial charge in [-0.3, -0.25) is 14.9 Å². The Labute approximate surface area is 116 Å². The van der Waals surface area contributed by atoms with Crippen LogP contribution in [0.2, 0.25) is 0 Å². The molecular weight excluding hydrogens is 260 g/mol. The Bertz CT molecular complexity index is 537. The number of carbonyl (C=O) groups is 1. The summed E-state index contributed by atoms with van der Waals surface area (Å²) in [7, 11) is 0. The van der Waals surface area contributed by atoms with Crippen LogP contribution in [0.3, 0.4) is 0 Å². The van der Waals surface area contributed by atoms with E-state index in [1.165, 1.54) is 18.2 Å². The van der Waals surface area contributed by atoms with Crippen molar-refractivity contribution in [3.8, 4) is 6.07 Å². The molecule has 1 aromatic carbocycles. The quantitative estimate of drug-likeness (QED) is 0.583. The van der Waals surface area contributed by atoms with Crippen molar-refractivity contribution in [2.75, 3.05) is 18.4 Å². The Balaban J connectivity index is 2.58. The Morgan fingerprint density at radius 2 is 2.20 bits per heavy atom. The summed E-state index contributed by atoms with van der Waals surface area (Å²) >= 11 is 0. The zero-order valence-corrected chi connectivity index (χ0v) is 11.2. The van der Waals surface area contributed by atoms with Gasteiger partial charge in [-0.2, -0.15) is 5.26 Å². The molecule has 0 aliphatic heterocycles. The molecule has 0 radical (unpaired) electrons. The topological polar surface area (TPSA) is 108 Å². The molecule has 0 aromatic heterocycles. The van der Waals surface area contributed by atoms with E-state index in [-0.39, 0.29) is 23.6 Å². The molecule has 0 fully saturated rings. The number of hydrogen-bond acceptors (Lipinski definition) is 5. The van der Waals surface area contributed by atoms with Crippen molar-refractivity contribution in [2.45, 2.75) is 19.8 Å². The SMILES string of the molecule is CCCNC(=O)CCNc1ccc([N+](=O)[O-])cc1C#N. The Morgan fingerprint density at radius 3 is 2.80 bits per heavy atom. The van der Waals surface area contributed by atoms with Crippen molar-refractivity contribution >= 4 is 17.3 Å². The molecule has 2 N–H and O–H groups in total. The number of amides is 1. The zero-order chi connectivity index (χ0) is 15.0. The first-order chi connectivity index (χ1) is 9.58. The Kier molecular flexibility index (Phi) is 5.97. The molecule has 106 valence electrons.